The molecular formula is C14H26NO4-. The summed E-state index contributed by atoms with van der Waals surface area (Å²) < 4.78 is 0. The molecule has 3 N–H and O–H groups in total. The fraction of sp³-hybridized carbons (Fsp3) is 0.857. The first-order valence-electron chi connectivity index (χ1n) is 7.25. The number of hydrogen-bond acceptors (Lipinski definition) is 4. The Morgan fingerprint density at radius 1 is 0.737 bits per heavy atom. The summed E-state index contributed by atoms with van der Waals surface area (Å²) >= 11 is 0. The van der Waals surface area contributed by atoms with Gasteiger partial charge in [-0.2, -0.15) is 0 Å². The summed E-state index contributed by atoms with van der Waals surface area (Å²) in [5.74, 6) is -1.94. The summed E-state index contributed by atoms with van der Waals surface area (Å²) in [4.78, 5) is 20.4. The van der Waals surface area contributed by atoms with Crippen LogP contribution in [0.4, 0.5) is 0 Å². The molecule has 0 amide bonds. The van der Waals surface area contributed by atoms with Gasteiger partial charge in [-0.3, -0.25) is 0 Å². The van der Waals surface area contributed by atoms with E-state index < -0.39 is 11.9 Å². The zero-order chi connectivity index (χ0) is 14.5. The van der Waals surface area contributed by atoms with Gasteiger partial charge in [0.25, 0.3) is 0 Å². The highest BCUT2D eigenvalue weighted by Gasteiger charge is 2.05. The van der Waals surface area contributed by atoms with Crippen LogP contribution in [0.2, 0.25) is 0 Å². The van der Waals surface area contributed by atoms with Gasteiger partial charge in [0.15, 0.2) is 0 Å². The Morgan fingerprint density at radius 3 is 1.63 bits per heavy atom. The molecule has 0 fully saturated rings. The van der Waals surface area contributed by atoms with Gasteiger partial charge in [-0.05, 0) is 51.4 Å². The predicted molar refractivity (Wildman–Crippen MR) is 67.5 cm³/mol. The Labute approximate surface area is 115 Å². The first-order valence-corrected chi connectivity index (χ1v) is 7.25. The summed E-state index contributed by atoms with van der Waals surface area (Å²) in [6.07, 6.45) is 8.85. The number of aliphatic carboxylic acids is 2. The molecular weight excluding hydrogens is 246 g/mol. The molecule has 0 spiro atoms. The van der Waals surface area contributed by atoms with Crippen LogP contribution in [0, 0.1) is 0 Å². The molecule has 1 atom stereocenters. The lowest BCUT2D eigenvalue weighted by Gasteiger charge is -2.08. The van der Waals surface area contributed by atoms with Crippen LogP contribution in [-0.2, 0) is 9.59 Å². The third kappa shape index (κ3) is 14.8. The molecule has 0 saturated heterocycles. The van der Waals surface area contributed by atoms with Crippen molar-refractivity contribution in [3.05, 3.63) is 0 Å². The van der Waals surface area contributed by atoms with E-state index in [2.05, 4.69) is 5.73 Å². The van der Waals surface area contributed by atoms with E-state index in [-0.39, 0.29) is 12.8 Å². The minimum atomic E-state index is -0.975. The summed E-state index contributed by atoms with van der Waals surface area (Å²) in [7, 11) is 0. The zero-order valence-corrected chi connectivity index (χ0v) is 11.7. The lowest BCUT2D eigenvalue weighted by molar-refractivity contribution is -0.423. The molecule has 5 heteroatoms. The average Bonchev–Trinajstić information content (AvgIpc) is 2.33. The number of carboxylic acids is 2. The van der Waals surface area contributed by atoms with E-state index in [1.807, 2.05) is 0 Å². The highest BCUT2D eigenvalue weighted by Crippen LogP contribution is 2.10. The molecule has 112 valence electrons. The van der Waals surface area contributed by atoms with Gasteiger partial charge in [-0.15, -0.1) is 0 Å². The number of carboxylic acid groups (broad SMARTS) is 2. The van der Waals surface area contributed by atoms with Crippen molar-refractivity contribution < 1.29 is 25.5 Å². The number of carbonyl (C=O) groups excluding carboxylic acids is 2. The van der Waals surface area contributed by atoms with Crippen molar-refractivity contribution in [1.82, 2.24) is 0 Å². The number of rotatable bonds is 13. The molecule has 0 aliphatic heterocycles. The molecule has 0 rings (SSSR count). The molecule has 0 aliphatic rings. The smallest absolute Gasteiger partial charge is 0.0843 e. The molecule has 0 unspecified atom stereocenters. The topological polar surface area (TPSA) is 108 Å². The maximum Gasteiger partial charge on any atom is 0.0843 e. The molecule has 19 heavy (non-hydrogen) atoms. The number of carbonyl (C=O) groups is 2. The standard InChI is InChI=1S/C14H27NO4/c15-12(9-6-7-11-14(18)19)8-4-2-1-3-5-10-13(16)17/h12H,1-11,15H2,(H,16,17)(H,18,19)/p-1/t12-/m0/s1. The molecule has 0 bridgehead atoms. The Morgan fingerprint density at radius 2 is 1.11 bits per heavy atom. The molecule has 0 aromatic carbocycles. The summed E-state index contributed by atoms with van der Waals surface area (Å²) in [6, 6.07) is 0.393. The second-order valence-corrected chi connectivity index (χ2v) is 5.16. The molecule has 5 nitrogen and oxygen atoms in total. The van der Waals surface area contributed by atoms with Gasteiger partial charge in [0.05, 0.1) is 6.04 Å². The predicted octanol–water partition coefficient (Wildman–Crippen LogP) is -0.612. The lowest BCUT2D eigenvalue weighted by Crippen LogP contribution is -2.60. The Hall–Kier alpha value is -1.10. The van der Waals surface area contributed by atoms with Gasteiger partial charge in [0.1, 0.15) is 0 Å². The summed E-state index contributed by atoms with van der Waals surface area (Å²) in [5, 5.41) is 20.4. The van der Waals surface area contributed by atoms with Crippen molar-refractivity contribution in [2.45, 2.75) is 76.7 Å². The van der Waals surface area contributed by atoms with Crippen LogP contribution >= 0.6 is 0 Å². The fourth-order valence-electron chi connectivity index (χ4n) is 2.08. The highest BCUT2D eigenvalue weighted by molar-refractivity contribution is 5.64. The van der Waals surface area contributed by atoms with E-state index in [0.717, 1.165) is 44.9 Å². The quantitative estimate of drug-likeness (QED) is 0.451. The molecule has 0 heterocycles. The van der Waals surface area contributed by atoms with Crippen LogP contribution < -0.4 is 15.9 Å². The normalized spacial score (nSPS) is 12.3. The van der Waals surface area contributed by atoms with Crippen molar-refractivity contribution in [2.24, 2.45) is 0 Å². The first-order chi connectivity index (χ1) is 9.02. The minimum absolute atomic E-state index is 0.144. The Balaban J connectivity index is 3.22. The Bertz CT molecular complexity index is 256. The van der Waals surface area contributed by atoms with Crippen LogP contribution in [-0.4, -0.2) is 18.0 Å². The van der Waals surface area contributed by atoms with Crippen LogP contribution in [0.15, 0.2) is 0 Å². The molecule has 0 saturated carbocycles. The molecule has 0 aromatic heterocycles. The molecule has 0 radical (unpaired) electrons. The van der Waals surface area contributed by atoms with E-state index in [4.69, 9.17) is 0 Å². The van der Waals surface area contributed by atoms with Crippen LogP contribution in [0.3, 0.4) is 0 Å². The van der Waals surface area contributed by atoms with Gasteiger partial charge < -0.3 is 25.5 Å². The van der Waals surface area contributed by atoms with Crippen molar-refractivity contribution in [3.8, 4) is 0 Å². The number of quaternary nitrogens is 1. The van der Waals surface area contributed by atoms with Crippen molar-refractivity contribution in [1.29, 1.82) is 0 Å². The largest absolute Gasteiger partial charge is 0.550 e. The minimum Gasteiger partial charge on any atom is -0.550 e. The van der Waals surface area contributed by atoms with E-state index >= 15 is 0 Å². The van der Waals surface area contributed by atoms with Crippen LogP contribution in [0.25, 0.3) is 0 Å². The third-order valence-electron chi connectivity index (χ3n) is 3.24. The zero-order valence-electron chi connectivity index (χ0n) is 11.7. The van der Waals surface area contributed by atoms with E-state index in [0.29, 0.717) is 18.9 Å². The molecule has 0 aromatic rings. The van der Waals surface area contributed by atoms with E-state index in [1.54, 1.807) is 0 Å². The SMILES string of the molecule is [NH3+][C@@H](CCCCCCCC(=O)[O-])CCCCC(=O)[O-]. The fourth-order valence-corrected chi connectivity index (χ4v) is 2.08. The Kier molecular flexibility index (Phi) is 11.3. The highest BCUT2D eigenvalue weighted by atomic mass is 16.4. The second kappa shape index (κ2) is 12.0. The van der Waals surface area contributed by atoms with Gasteiger partial charge in [-0.1, -0.05) is 19.3 Å². The first kappa shape index (κ1) is 17.9. The number of hydrogen-bond donors (Lipinski definition) is 1. The van der Waals surface area contributed by atoms with E-state index in [9.17, 15) is 19.8 Å². The lowest BCUT2D eigenvalue weighted by atomic mass is 10.0. The van der Waals surface area contributed by atoms with Crippen molar-refractivity contribution in [2.75, 3.05) is 0 Å². The van der Waals surface area contributed by atoms with E-state index in [1.165, 1.54) is 0 Å². The van der Waals surface area contributed by atoms with Crippen LogP contribution in [0.1, 0.15) is 70.6 Å². The maximum atomic E-state index is 10.2. The number of unbranched alkanes of at least 4 members (excludes halogenated alkanes) is 5. The summed E-state index contributed by atoms with van der Waals surface area (Å²) in [6.45, 7) is 0. The van der Waals surface area contributed by atoms with Gasteiger partial charge in [0, 0.05) is 11.9 Å². The second-order valence-electron chi connectivity index (χ2n) is 5.16. The van der Waals surface area contributed by atoms with Gasteiger partial charge >= 0.3 is 0 Å². The van der Waals surface area contributed by atoms with Crippen molar-refractivity contribution in [3.63, 3.8) is 0 Å². The van der Waals surface area contributed by atoms with Crippen molar-refractivity contribution >= 4 is 11.9 Å². The molecule has 0 aliphatic carbocycles. The monoisotopic (exact) mass is 272 g/mol. The summed E-state index contributed by atoms with van der Waals surface area (Å²) in [5.41, 5.74) is 4.06. The maximum absolute atomic E-state index is 10.2. The average molecular weight is 272 g/mol. The van der Waals surface area contributed by atoms with Gasteiger partial charge in [-0.25, -0.2) is 0 Å². The van der Waals surface area contributed by atoms with Gasteiger partial charge in [0.2, 0.25) is 0 Å². The third-order valence-corrected chi connectivity index (χ3v) is 3.24. The van der Waals surface area contributed by atoms with Crippen LogP contribution in [0.5, 0.6) is 0 Å².